The number of carbonyl (C=O) groups is 2. The van der Waals surface area contributed by atoms with E-state index in [4.69, 9.17) is 18.5 Å². The third-order valence-corrected chi connectivity index (χ3v) is 12.7. The first-order valence-electron chi connectivity index (χ1n) is 26.7. The Morgan fingerprint density at radius 3 is 1.33 bits per heavy atom. The van der Waals surface area contributed by atoms with E-state index >= 15 is 0 Å². The largest absolute Gasteiger partial charge is 0.472 e. The molecular formula is C54H103NO8P+. The molecule has 0 aliphatic carbocycles. The van der Waals surface area contributed by atoms with Crippen molar-refractivity contribution in [1.82, 2.24) is 0 Å². The summed E-state index contributed by atoms with van der Waals surface area (Å²) in [4.78, 5) is 35.6. The number of carbonyl (C=O) groups excluding carboxylic acids is 2. The number of rotatable bonds is 49. The zero-order valence-corrected chi connectivity index (χ0v) is 43.4. The molecule has 0 rings (SSSR count). The summed E-state index contributed by atoms with van der Waals surface area (Å²) in [6, 6.07) is 0. The van der Waals surface area contributed by atoms with Gasteiger partial charge in [-0.2, -0.15) is 0 Å². The SMILES string of the molecule is CC/C=C\C/C=C\C/C=C\CCCCCCCCCC(=O)OC(COC(=O)CCCCCCCCCCCCCCCCCCCCCCCCC)COP(=O)(O)OCC[N+](C)(C)C. The molecule has 0 saturated heterocycles. The third-order valence-electron chi connectivity index (χ3n) is 11.7. The first-order chi connectivity index (χ1) is 31.0. The highest BCUT2D eigenvalue weighted by atomic mass is 31.2. The van der Waals surface area contributed by atoms with Crippen LogP contribution >= 0.6 is 7.82 Å². The van der Waals surface area contributed by atoms with E-state index in [1.54, 1.807) is 0 Å². The smallest absolute Gasteiger partial charge is 0.462 e. The number of unbranched alkanes of at least 4 members (excludes halogenated alkanes) is 29. The van der Waals surface area contributed by atoms with Gasteiger partial charge in [0.25, 0.3) is 0 Å². The fraction of sp³-hybridized carbons (Fsp3) is 0.852. The number of nitrogens with zero attached hydrogens (tertiary/aromatic N) is 1. The van der Waals surface area contributed by atoms with Crippen molar-refractivity contribution in [3.63, 3.8) is 0 Å². The standard InChI is InChI=1S/C54H102NO8P/c1-6-8-10-12-14-16-18-20-22-24-25-26-27-28-29-31-32-34-36-38-40-42-44-46-53(56)60-50-52(51-62-64(58,59)61-49-48-55(3,4)5)63-54(57)47-45-43-41-39-37-35-33-30-23-21-19-17-15-13-11-9-7-2/h9,11,15,17,21,23,52H,6-8,10,12-14,16,18-20,22,24-51H2,1-5H3/p+1/b11-9-,17-15-,23-21-. The summed E-state index contributed by atoms with van der Waals surface area (Å²) >= 11 is 0. The van der Waals surface area contributed by atoms with Gasteiger partial charge in [0, 0.05) is 12.8 Å². The normalized spacial score (nSPS) is 13.7. The van der Waals surface area contributed by atoms with Gasteiger partial charge in [-0.25, -0.2) is 4.57 Å². The maximum Gasteiger partial charge on any atom is 0.472 e. The van der Waals surface area contributed by atoms with Gasteiger partial charge >= 0.3 is 19.8 Å². The Bertz CT molecular complexity index is 1180. The van der Waals surface area contributed by atoms with Gasteiger partial charge in [-0.05, 0) is 44.9 Å². The lowest BCUT2D eigenvalue weighted by atomic mass is 10.0. The Balaban J connectivity index is 4.17. The summed E-state index contributed by atoms with van der Waals surface area (Å²) in [7, 11) is 1.48. The quantitative estimate of drug-likeness (QED) is 0.0211. The van der Waals surface area contributed by atoms with Gasteiger partial charge < -0.3 is 18.9 Å². The van der Waals surface area contributed by atoms with Crippen LogP contribution in [-0.4, -0.2) is 74.9 Å². The summed E-state index contributed by atoms with van der Waals surface area (Å²) in [5.74, 6) is -0.799. The van der Waals surface area contributed by atoms with Crippen LogP contribution in [0.25, 0.3) is 0 Å². The summed E-state index contributed by atoms with van der Waals surface area (Å²) in [5.41, 5.74) is 0. The molecule has 0 aromatic rings. The van der Waals surface area contributed by atoms with E-state index in [0.717, 1.165) is 64.2 Å². The molecule has 0 aliphatic heterocycles. The Morgan fingerprint density at radius 2 is 0.891 bits per heavy atom. The number of esters is 2. The fourth-order valence-electron chi connectivity index (χ4n) is 7.56. The molecule has 0 bridgehead atoms. The molecule has 2 unspecified atom stereocenters. The van der Waals surface area contributed by atoms with Crippen LogP contribution in [0.15, 0.2) is 36.5 Å². The van der Waals surface area contributed by atoms with Crippen LogP contribution in [0.4, 0.5) is 0 Å². The predicted octanol–water partition coefficient (Wildman–Crippen LogP) is 16.0. The summed E-state index contributed by atoms with van der Waals surface area (Å²) in [5, 5.41) is 0. The van der Waals surface area contributed by atoms with E-state index in [-0.39, 0.29) is 25.6 Å². The predicted molar refractivity (Wildman–Crippen MR) is 270 cm³/mol. The molecule has 0 heterocycles. The van der Waals surface area contributed by atoms with Crippen LogP contribution in [0.1, 0.15) is 245 Å². The molecule has 0 aliphatic rings. The molecule has 0 aromatic carbocycles. The lowest BCUT2D eigenvalue weighted by Crippen LogP contribution is -2.37. The van der Waals surface area contributed by atoms with Gasteiger partial charge in [-0.3, -0.25) is 18.6 Å². The molecule has 10 heteroatoms. The number of hydrogen-bond acceptors (Lipinski definition) is 7. The van der Waals surface area contributed by atoms with E-state index in [2.05, 4.69) is 50.3 Å². The Labute approximate surface area is 395 Å². The van der Waals surface area contributed by atoms with Gasteiger partial charge in [0.2, 0.25) is 0 Å². The van der Waals surface area contributed by atoms with Crippen molar-refractivity contribution in [3.05, 3.63) is 36.5 Å². The molecule has 0 aromatic heterocycles. The zero-order chi connectivity index (χ0) is 47.1. The maximum atomic E-state index is 12.8. The van der Waals surface area contributed by atoms with Crippen molar-refractivity contribution in [2.75, 3.05) is 47.5 Å². The molecule has 376 valence electrons. The maximum absolute atomic E-state index is 12.8. The Hall–Kier alpha value is -1.77. The molecule has 64 heavy (non-hydrogen) atoms. The topological polar surface area (TPSA) is 108 Å². The highest BCUT2D eigenvalue weighted by Crippen LogP contribution is 2.43. The monoisotopic (exact) mass is 925 g/mol. The third kappa shape index (κ3) is 49.7. The van der Waals surface area contributed by atoms with Crippen LogP contribution in [0.3, 0.4) is 0 Å². The van der Waals surface area contributed by atoms with Crippen LogP contribution in [0, 0.1) is 0 Å². The highest BCUT2D eigenvalue weighted by Gasteiger charge is 2.27. The number of phosphoric acid groups is 1. The molecule has 0 fully saturated rings. The van der Waals surface area contributed by atoms with E-state index in [1.165, 1.54) is 148 Å². The van der Waals surface area contributed by atoms with Crippen LogP contribution in [0.2, 0.25) is 0 Å². The first-order valence-corrected chi connectivity index (χ1v) is 28.2. The average Bonchev–Trinajstić information content (AvgIpc) is 3.25. The van der Waals surface area contributed by atoms with Gasteiger partial charge in [0.05, 0.1) is 27.7 Å². The first kappa shape index (κ1) is 62.2. The molecule has 2 atom stereocenters. The number of ether oxygens (including phenoxy) is 2. The number of quaternary nitrogens is 1. The molecule has 9 nitrogen and oxygen atoms in total. The van der Waals surface area contributed by atoms with Gasteiger partial charge in [-0.1, -0.05) is 224 Å². The molecule has 0 amide bonds. The fourth-order valence-corrected chi connectivity index (χ4v) is 8.30. The van der Waals surface area contributed by atoms with Gasteiger partial charge in [-0.15, -0.1) is 0 Å². The summed E-state index contributed by atoms with van der Waals surface area (Å²) in [6.07, 6.45) is 54.9. The van der Waals surface area contributed by atoms with Crippen molar-refractivity contribution in [2.45, 2.75) is 251 Å². The number of hydrogen-bond donors (Lipinski definition) is 1. The van der Waals surface area contributed by atoms with Crippen LogP contribution in [0.5, 0.6) is 0 Å². The van der Waals surface area contributed by atoms with E-state index < -0.39 is 26.5 Å². The minimum absolute atomic E-state index is 0.0305. The van der Waals surface area contributed by atoms with Crippen molar-refractivity contribution in [1.29, 1.82) is 0 Å². The summed E-state index contributed by atoms with van der Waals surface area (Å²) in [6.45, 7) is 4.34. The molecule has 1 N–H and O–H groups in total. The number of phosphoric ester groups is 1. The molecular weight excluding hydrogens is 822 g/mol. The summed E-state index contributed by atoms with van der Waals surface area (Å²) < 4.78 is 34.5. The molecule has 0 radical (unpaired) electrons. The van der Waals surface area contributed by atoms with Crippen molar-refractivity contribution >= 4 is 19.8 Å². The number of likely N-dealkylation sites (N-methyl/N-ethyl adjacent to an activating group) is 1. The number of allylic oxidation sites excluding steroid dienone is 6. The lowest BCUT2D eigenvalue weighted by Gasteiger charge is -2.24. The molecule has 0 spiro atoms. The lowest BCUT2D eigenvalue weighted by molar-refractivity contribution is -0.870. The van der Waals surface area contributed by atoms with Crippen LogP contribution in [-0.2, 0) is 32.7 Å². The average molecular weight is 925 g/mol. The second-order valence-corrected chi connectivity index (χ2v) is 20.7. The molecule has 0 saturated carbocycles. The van der Waals surface area contributed by atoms with E-state index in [0.29, 0.717) is 23.9 Å². The minimum atomic E-state index is -4.38. The van der Waals surface area contributed by atoms with Crippen molar-refractivity contribution in [2.24, 2.45) is 0 Å². The van der Waals surface area contributed by atoms with Gasteiger partial charge in [0.1, 0.15) is 19.8 Å². The van der Waals surface area contributed by atoms with E-state index in [1.807, 2.05) is 21.1 Å². The second kappa shape index (κ2) is 46.3. The Morgan fingerprint density at radius 1 is 0.500 bits per heavy atom. The zero-order valence-electron chi connectivity index (χ0n) is 42.5. The minimum Gasteiger partial charge on any atom is -0.462 e. The second-order valence-electron chi connectivity index (χ2n) is 19.2. The Kier molecular flexibility index (Phi) is 45.1. The highest BCUT2D eigenvalue weighted by molar-refractivity contribution is 7.47. The van der Waals surface area contributed by atoms with E-state index in [9.17, 15) is 19.0 Å². The van der Waals surface area contributed by atoms with Crippen molar-refractivity contribution < 1.29 is 42.1 Å². The van der Waals surface area contributed by atoms with Crippen LogP contribution < -0.4 is 0 Å². The van der Waals surface area contributed by atoms with Crippen molar-refractivity contribution in [3.8, 4) is 0 Å². The van der Waals surface area contributed by atoms with Gasteiger partial charge in [0.15, 0.2) is 6.10 Å².